The van der Waals surface area contributed by atoms with Crippen molar-refractivity contribution in [1.82, 2.24) is 9.80 Å². The van der Waals surface area contributed by atoms with Gasteiger partial charge in [-0.3, -0.25) is 9.59 Å². The highest BCUT2D eigenvalue weighted by atomic mass is 32.1. The van der Waals surface area contributed by atoms with Gasteiger partial charge in [0, 0.05) is 31.2 Å². The van der Waals surface area contributed by atoms with Crippen molar-refractivity contribution in [2.75, 3.05) is 33.4 Å². The van der Waals surface area contributed by atoms with Gasteiger partial charge >= 0.3 is 0 Å². The lowest BCUT2D eigenvalue weighted by Crippen LogP contribution is -2.37. The summed E-state index contributed by atoms with van der Waals surface area (Å²) in [6.45, 7) is 2.03. The fraction of sp³-hybridized carbons (Fsp3) is 0.333. The highest BCUT2D eigenvalue weighted by Crippen LogP contribution is 2.36. The lowest BCUT2D eigenvalue weighted by molar-refractivity contribution is -0.129. The van der Waals surface area contributed by atoms with Crippen molar-refractivity contribution in [3.8, 4) is 0 Å². The number of fused-ring (bicyclic) bond motifs is 1. The van der Waals surface area contributed by atoms with E-state index in [4.69, 9.17) is 5.73 Å². The molecule has 112 valence electrons. The summed E-state index contributed by atoms with van der Waals surface area (Å²) in [5.41, 5.74) is 7.69. The molecule has 0 fully saturated rings. The highest BCUT2D eigenvalue weighted by molar-refractivity contribution is 7.21. The molecule has 0 spiro atoms. The standard InChI is InChI=1S/C15H19N3O2S/c1-9-6-5-7-10-12(16)14(21-13(9)10)15(20)18(4)8-11(19)17(2)3/h5-7H,8,16H2,1-4H3. The van der Waals surface area contributed by atoms with Crippen molar-refractivity contribution >= 4 is 38.9 Å². The molecule has 0 saturated heterocycles. The molecule has 2 rings (SSSR count). The summed E-state index contributed by atoms with van der Waals surface area (Å²) in [5, 5.41) is 0.899. The summed E-state index contributed by atoms with van der Waals surface area (Å²) in [6.07, 6.45) is 0. The Morgan fingerprint density at radius 2 is 1.90 bits per heavy atom. The lowest BCUT2D eigenvalue weighted by Gasteiger charge is -2.18. The van der Waals surface area contributed by atoms with Crippen LogP contribution in [0.3, 0.4) is 0 Å². The first-order chi connectivity index (χ1) is 9.82. The third kappa shape index (κ3) is 2.85. The zero-order valence-electron chi connectivity index (χ0n) is 12.6. The van der Waals surface area contributed by atoms with Crippen molar-refractivity contribution in [3.05, 3.63) is 28.6 Å². The first-order valence-electron chi connectivity index (χ1n) is 6.56. The number of rotatable bonds is 3. The molecule has 0 saturated carbocycles. The SMILES string of the molecule is Cc1cccc2c(N)c(C(=O)N(C)CC(=O)N(C)C)sc12. The van der Waals surface area contributed by atoms with Gasteiger partial charge < -0.3 is 15.5 Å². The van der Waals surface area contributed by atoms with Crippen LogP contribution >= 0.6 is 11.3 Å². The van der Waals surface area contributed by atoms with E-state index in [1.807, 2.05) is 25.1 Å². The summed E-state index contributed by atoms with van der Waals surface area (Å²) in [5.74, 6) is -0.343. The number of nitrogens with two attached hydrogens (primary N) is 1. The number of likely N-dealkylation sites (N-methyl/N-ethyl adjacent to an activating group) is 2. The monoisotopic (exact) mass is 305 g/mol. The van der Waals surface area contributed by atoms with E-state index in [-0.39, 0.29) is 18.4 Å². The van der Waals surface area contributed by atoms with Gasteiger partial charge in [0.25, 0.3) is 5.91 Å². The van der Waals surface area contributed by atoms with E-state index in [0.717, 1.165) is 15.6 Å². The van der Waals surface area contributed by atoms with Crippen LogP contribution in [0.4, 0.5) is 5.69 Å². The summed E-state index contributed by atoms with van der Waals surface area (Å²) < 4.78 is 1.02. The topological polar surface area (TPSA) is 66.6 Å². The first-order valence-corrected chi connectivity index (χ1v) is 7.37. The molecule has 0 bridgehead atoms. The predicted molar refractivity (Wildman–Crippen MR) is 86.6 cm³/mol. The van der Waals surface area contributed by atoms with E-state index in [0.29, 0.717) is 10.6 Å². The summed E-state index contributed by atoms with van der Waals surface area (Å²) in [4.78, 5) is 27.6. The molecule has 0 aliphatic heterocycles. The number of anilines is 1. The number of aryl methyl sites for hydroxylation is 1. The van der Waals surface area contributed by atoms with Gasteiger partial charge in [-0.25, -0.2) is 0 Å². The molecule has 2 amide bonds. The summed E-state index contributed by atoms with van der Waals surface area (Å²) in [7, 11) is 4.94. The number of nitrogen functional groups attached to an aromatic ring is 1. The molecule has 0 unspecified atom stereocenters. The molecule has 2 N–H and O–H groups in total. The fourth-order valence-corrected chi connectivity index (χ4v) is 3.21. The molecule has 0 aliphatic carbocycles. The predicted octanol–water partition coefficient (Wildman–Crippen LogP) is 1.95. The van der Waals surface area contributed by atoms with E-state index >= 15 is 0 Å². The van der Waals surface area contributed by atoms with Gasteiger partial charge in [-0.15, -0.1) is 11.3 Å². The Bertz CT molecular complexity index is 706. The quantitative estimate of drug-likeness (QED) is 0.942. The maximum absolute atomic E-state index is 12.5. The van der Waals surface area contributed by atoms with Crippen molar-refractivity contribution < 1.29 is 9.59 Å². The molecule has 0 aliphatic rings. The van der Waals surface area contributed by atoms with Gasteiger partial charge in [-0.2, -0.15) is 0 Å². The average Bonchev–Trinajstić information content (AvgIpc) is 2.77. The molecule has 5 nitrogen and oxygen atoms in total. The molecule has 1 aromatic heterocycles. The molecular formula is C15H19N3O2S. The Hall–Kier alpha value is -2.08. The number of carbonyl (C=O) groups is 2. The van der Waals surface area contributed by atoms with E-state index in [1.54, 1.807) is 21.1 Å². The fourth-order valence-electron chi connectivity index (χ4n) is 2.03. The minimum atomic E-state index is -0.219. The molecule has 0 radical (unpaired) electrons. The minimum absolute atomic E-state index is 0.0402. The van der Waals surface area contributed by atoms with Crippen molar-refractivity contribution in [1.29, 1.82) is 0 Å². The van der Waals surface area contributed by atoms with Crippen LogP contribution in [0.25, 0.3) is 10.1 Å². The Balaban J connectivity index is 2.33. The molecule has 1 heterocycles. The number of nitrogens with zero attached hydrogens (tertiary/aromatic N) is 2. The van der Waals surface area contributed by atoms with Gasteiger partial charge in [-0.05, 0) is 12.5 Å². The third-order valence-corrected chi connectivity index (χ3v) is 4.71. The maximum Gasteiger partial charge on any atom is 0.266 e. The van der Waals surface area contributed by atoms with Gasteiger partial charge in [-0.1, -0.05) is 18.2 Å². The number of carbonyl (C=O) groups excluding carboxylic acids is 2. The molecule has 0 atom stereocenters. The van der Waals surface area contributed by atoms with Crippen molar-refractivity contribution in [3.63, 3.8) is 0 Å². The molecule has 6 heteroatoms. The molecule has 1 aromatic carbocycles. The smallest absolute Gasteiger partial charge is 0.266 e. The van der Waals surface area contributed by atoms with E-state index < -0.39 is 0 Å². The number of hydrogen-bond donors (Lipinski definition) is 1. The van der Waals surface area contributed by atoms with Crippen LogP contribution < -0.4 is 5.73 Å². The summed E-state index contributed by atoms with van der Waals surface area (Å²) in [6, 6.07) is 5.83. The number of amides is 2. The van der Waals surface area contributed by atoms with E-state index in [1.165, 1.54) is 21.1 Å². The average molecular weight is 305 g/mol. The van der Waals surface area contributed by atoms with Crippen LogP contribution in [0.1, 0.15) is 15.2 Å². The second kappa shape index (κ2) is 5.73. The van der Waals surface area contributed by atoms with Gasteiger partial charge in [0.1, 0.15) is 4.88 Å². The Labute approximate surface area is 127 Å². The Morgan fingerprint density at radius 1 is 1.24 bits per heavy atom. The zero-order chi connectivity index (χ0) is 15.7. The second-order valence-electron chi connectivity index (χ2n) is 5.25. The molecular weight excluding hydrogens is 286 g/mol. The molecule has 21 heavy (non-hydrogen) atoms. The highest BCUT2D eigenvalue weighted by Gasteiger charge is 2.22. The number of benzene rings is 1. The second-order valence-corrected chi connectivity index (χ2v) is 6.27. The normalized spacial score (nSPS) is 10.7. The van der Waals surface area contributed by atoms with Crippen LogP contribution in [0.5, 0.6) is 0 Å². The van der Waals surface area contributed by atoms with Gasteiger partial charge in [0.05, 0.1) is 12.2 Å². The van der Waals surface area contributed by atoms with Gasteiger partial charge in [0.15, 0.2) is 0 Å². The van der Waals surface area contributed by atoms with Crippen LogP contribution in [-0.2, 0) is 4.79 Å². The minimum Gasteiger partial charge on any atom is -0.397 e. The number of thiophene rings is 1. The largest absolute Gasteiger partial charge is 0.397 e. The van der Waals surface area contributed by atoms with Crippen LogP contribution in [0.2, 0.25) is 0 Å². The van der Waals surface area contributed by atoms with Crippen LogP contribution in [-0.4, -0.2) is 49.3 Å². The Morgan fingerprint density at radius 3 is 2.48 bits per heavy atom. The molecule has 2 aromatic rings. The van der Waals surface area contributed by atoms with Crippen LogP contribution in [0.15, 0.2) is 18.2 Å². The van der Waals surface area contributed by atoms with Crippen molar-refractivity contribution in [2.24, 2.45) is 0 Å². The zero-order valence-corrected chi connectivity index (χ0v) is 13.5. The lowest BCUT2D eigenvalue weighted by atomic mass is 10.1. The van der Waals surface area contributed by atoms with Crippen LogP contribution in [0, 0.1) is 6.92 Å². The van der Waals surface area contributed by atoms with E-state index in [2.05, 4.69) is 0 Å². The third-order valence-electron chi connectivity index (χ3n) is 3.36. The van der Waals surface area contributed by atoms with Crippen molar-refractivity contribution in [2.45, 2.75) is 6.92 Å². The number of hydrogen-bond acceptors (Lipinski definition) is 4. The van der Waals surface area contributed by atoms with Gasteiger partial charge in [0.2, 0.25) is 5.91 Å². The summed E-state index contributed by atoms with van der Waals surface area (Å²) >= 11 is 1.38. The first kappa shape index (κ1) is 15.3. The maximum atomic E-state index is 12.5. The van der Waals surface area contributed by atoms with E-state index in [9.17, 15) is 9.59 Å². The Kier molecular flexibility index (Phi) is 4.18.